The summed E-state index contributed by atoms with van der Waals surface area (Å²) in [6.45, 7) is 1.08. The molecule has 1 atom stereocenters. The van der Waals surface area contributed by atoms with Gasteiger partial charge in [-0.15, -0.1) is 11.3 Å². The van der Waals surface area contributed by atoms with Gasteiger partial charge in [0.1, 0.15) is 0 Å². The van der Waals surface area contributed by atoms with Gasteiger partial charge < -0.3 is 10.6 Å². The lowest BCUT2D eigenvalue weighted by Gasteiger charge is -2.14. The fraction of sp³-hybridized carbons (Fsp3) is 0.600. The highest BCUT2D eigenvalue weighted by Gasteiger charge is 2.04. The molecule has 74 valence electrons. The highest BCUT2D eigenvalue weighted by atomic mass is 32.1. The lowest BCUT2D eigenvalue weighted by Crippen LogP contribution is -2.27. The van der Waals surface area contributed by atoms with E-state index in [9.17, 15) is 0 Å². The fourth-order valence-corrected chi connectivity index (χ4v) is 2.01. The van der Waals surface area contributed by atoms with Crippen LogP contribution >= 0.6 is 11.3 Å². The number of rotatable bonds is 5. The number of thiophene rings is 1. The van der Waals surface area contributed by atoms with Crippen molar-refractivity contribution in [1.82, 2.24) is 4.90 Å². The van der Waals surface area contributed by atoms with Crippen molar-refractivity contribution in [1.29, 1.82) is 0 Å². The summed E-state index contributed by atoms with van der Waals surface area (Å²) in [5.74, 6) is 0. The summed E-state index contributed by atoms with van der Waals surface area (Å²) in [6, 6.07) is 4.54. The van der Waals surface area contributed by atoms with Gasteiger partial charge in [-0.05, 0) is 44.9 Å². The zero-order valence-corrected chi connectivity index (χ0v) is 9.18. The van der Waals surface area contributed by atoms with Gasteiger partial charge in [0.2, 0.25) is 0 Å². The molecule has 0 saturated heterocycles. The van der Waals surface area contributed by atoms with Gasteiger partial charge >= 0.3 is 0 Å². The van der Waals surface area contributed by atoms with Crippen molar-refractivity contribution in [3.05, 3.63) is 22.4 Å². The van der Waals surface area contributed by atoms with Crippen LogP contribution in [0.2, 0.25) is 0 Å². The second-order valence-corrected chi connectivity index (χ2v) is 4.67. The van der Waals surface area contributed by atoms with E-state index in [1.165, 1.54) is 4.88 Å². The van der Waals surface area contributed by atoms with Gasteiger partial charge in [-0.1, -0.05) is 6.07 Å². The molecule has 0 saturated carbocycles. The maximum atomic E-state index is 5.99. The minimum Gasteiger partial charge on any atom is -0.327 e. The summed E-state index contributed by atoms with van der Waals surface area (Å²) in [5.41, 5.74) is 5.99. The molecule has 0 aliphatic heterocycles. The summed E-state index contributed by atoms with van der Waals surface area (Å²) < 4.78 is 0. The predicted octanol–water partition coefficient (Wildman–Crippen LogP) is 1.57. The first-order valence-corrected chi connectivity index (χ1v) is 5.49. The van der Waals surface area contributed by atoms with E-state index in [1.54, 1.807) is 11.3 Å². The first-order valence-electron chi connectivity index (χ1n) is 4.61. The number of hydrogen-bond acceptors (Lipinski definition) is 3. The molecule has 1 unspecified atom stereocenters. The highest BCUT2D eigenvalue weighted by molar-refractivity contribution is 7.09. The summed E-state index contributed by atoms with van der Waals surface area (Å²) in [6.07, 6.45) is 2.09. The molecular formula is C10H18N2S. The average molecular weight is 198 g/mol. The van der Waals surface area contributed by atoms with Gasteiger partial charge in [0.15, 0.2) is 0 Å². The normalized spacial score (nSPS) is 13.5. The molecule has 1 aromatic heterocycles. The van der Waals surface area contributed by atoms with Gasteiger partial charge in [-0.3, -0.25) is 0 Å². The standard InChI is InChI=1S/C10H18N2S/c1-12(2)6-5-9(11)8-10-4-3-7-13-10/h3-4,7,9H,5-6,8,11H2,1-2H3. The summed E-state index contributed by atoms with van der Waals surface area (Å²) >= 11 is 1.79. The van der Waals surface area contributed by atoms with Crippen LogP contribution in [-0.2, 0) is 6.42 Å². The van der Waals surface area contributed by atoms with Crippen LogP contribution in [0.25, 0.3) is 0 Å². The molecule has 0 bridgehead atoms. The van der Waals surface area contributed by atoms with Crippen LogP contribution in [0.1, 0.15) is 11.3 Å². The van der Waals surface area contributed by atoms with Crippen molar-refractivity contribution in [2.75, 3.05) is 20.6 Å². The predicted molar refractivity (Wildman–Crippen MR) is 59.2 cm³/mol. The third-order valence-corrected chi connectivity index (χ3v) is 2.89. The number of hydrogen-bond donors (Lipinski definition) is 1. The van der Waals surface area contributed by atoms with Crippen molar-refractivity contribution in [3.8, 4) is 0 Å². The molecule has 1 aromatic rings. The van der Waals surface area contributed by atoms with E-state index < -0.39 is 0 Å². The number of nitrogens with two attached hydrogens (primary N) is 1. The molecule has 0 spiro atoms. The van der Waals surface area contributed by atoms with Crippen molar-refractivity contribution < 1.29 is 0 Å². The molecule has 2 N–H and O–H groups in total. The molecule has 0 aliphatic carbocycles. The molecule has 1 rings (SSSR count). The second-order valence-electron chi connectivity index (χ2n) is 3.64. The second kappa shape index (κ2) is 5.37. The largest absolute Gasteiger partial charge is 0.327 e. The van der Waals surface area contributed by atoms with Crippen LogP contribution in [0.15, 0.2) is 17.5 Å². The van der Waals surface area contributed by atoms with Crippen LogP contribution in [0.3, 0.4) is 0 Å². The van der Waals surface area contributed by atoms with E-state index >= 15 is 0 Å². The van der Waals surface area contributed by atoms with Crippen LogP contribution < -0.4 is 5.73 Å². The minimum absolute atomic E-state index is 0.307. The van der Waals surface area contributed by atoms with E-state index in [0.29, 0.717) is 6.04 Å². The molecule has 0 fully saturated rings. The van der Waals surface area contributed by atoms with Gasteiger partial charge in [0.25, 0.3) is 0 Å². The lowest BCUT2D eigenvalue weighted by atomic mass is 10.1. The van der Waals surface area contributed by atoms with Crippen molar-refractivity contribution in [3.63, 3.8) is 0 Å². The smallest absolute Gasteiger partial charge is 0.00993 e. The van der Waals surface area contributed by atoms with Crippen molar-refractivity contribution in [2.24, 2.45) is 5.73 Å². The zero-order chi connectivity index (χ0) is 9.68. The first-order chi connectivity index (χ1) is 6.18. The third-order valence-electron chi connectivity index (χ3n) is 1.99. The Kier molecular flexibility index (Phi) is 4.42. The van der Waals surface area contributed by atoms with Crippen LogP contribution in [0.4, 0.5) is 0 Å². The molecule has 0 aliphatic rings. The van der Waals surface area contributed by atoms with Gasteiger partial charge in [-0.25, -0.2) is 0 Å². The highest BCUT2D eigenvalue weighted by Crippen LogP contribution is 2.11. The molecule has 13 heavy (non-hydrogen) atoms. The Bertz CT molecular complexity index is 219. The van der Waals surface area contributed by atoms with Crippen LogP contribution in [-0.4, -0.2) is 31.6 Å². The number of nitrogens with zero attached hydrogens (tertiary/aromatic N) is 1. The van der Waals surface area contributed by atoms with E-state index in [0.717, 1.165) is 19.4 Å². The summed E-state index contributed by atoms with van der Waals surface area (Å²) in [4.78, 5) is 3.57. The molecule has 3 heteroatoms. The topological polar surface area (TPSA) is 29.3 Å². The molecule has 0 amide bonds. The molecular weight excluding hydrogens is 180 g/mol. The minimum atomic E-state index is 0.307. The Hall–Kier alpha value is -0.380. The SMILES string of the molecule is CN(C)CCC(N)Cc1cccs1. The zero-order valence-electron chi connectivity index (χ0n) is 8.36. The van der Waals surface area contributed by atoms with Gasteiger partial charge in [0, 0.05) is 10.9 Å². The Labute approximate surface area is 84.4 Å². The lowest BCUT2D eigenvalue weighted by molar-refractivity contribution is 0.380. The molecule has 1 heterocycles. The first kappa shape index (κ1) is 10.7. The maximum absolute atomic E-state index is 5.99. The van der Waals surface area contributed by atoms with E-state index in [2.05, 4.69) is 36.5 Å². The Morgan fingerprint density at radius 2 is 2.31 bits per heavy atom. The van der Waals surface area contributed by atoms with Crippen molar-refractivity contribution in [2.45, 2.75) is 18.9 Å². The molecule has 0 aromatic carbocycles. The van der Waals surface area contributed by atoms with Crippen molar-refractivity contribution >= 4 is 11.3 Å². The van der Waals surface area contributed by atoms with Crippen LogP contribution in [0.5, 0.6) is 0 Å². The van der Waals surface area contributed by atoms with E-state index in [-0.39, 0.29) is 0 Å². The van der Waals surface area contributed by atoms with Gasteiger partial charge in [-0.2, -0.15) is 0 Å². The monoisotopic (exact) mass is 198 g/mol. The molecule has 0 radical (unpaired) electrons. The van der Waals surface area contributed by atoms with E-state index in [1.807, 2.05) is 0 Å². The van der Waals surface area contributed by atoms with Gasteiger partial charge in [0.05, 0.1) is 0 Å². The average Bonchev–Trinajstić information content (AvgIpc) is 2.53. The third kappa shape index (κ3) is 4.41. The molecule has 2 nitrogen and oxygen atoms in total. The quantitative estimate of drug-likeness (QED) is 0.778. The Morgan fingerprint density at radius 3 is 2.85 bits per heavy atom. The summed E-state index contributed by atoms with van der Waals surface area (Å²) in [7, 11) is 4.16. The summed E-state index contributed by atoms with van der Waals surface area (Å²) in [5, 5.41) is 2.11. The fourth-order valence-electron chi connectivity index (χ4n) is 1.21. The van der Waals surface area contributed by atoms with E-state index in [4.69, 9.17) is 5.73 Å². The Morgan fingerprint density at radius 1 is 1.54 bits per heavy atom. The Balaban J connectivity index is 2.22. The van der Waals surface area contributed by atoms with Crippen LogP contribution in [0, 0.1) is 0 Å². The maximum Gasteiger partial charge on any atom is 0.00993 e.